The van der Waals surface area contributed by atoms with Gasteiger partial charge in [-0.05, 0) is 0 Å². The van der Waals surface area contributed by atoms with E-state index in [9.17, 15) is 14.4 Å². The van der Waals surface area contributed by atoms with Gasteiger partial charge in [-0.25, -0.2) is 0 Å². The number of rotatable bonds is 4. The van der Waals surface area contributed by atoms with Gasteiger partial charge in [-0.1, -0.05) is 30.3 Å². The van der Waals surface area contributed by atoms with Gasteiger partial charge in [0, 0.05) is 26.3 Å². The maximum Gasteiger partial charge on any atom is 0.305 e. The highest BCUT2D eigenvalue weighted by molar-refractivity contribution is 5.73. The molecule has 0 unspecified atom stereocenters. The minimum atomic E-state index is -1.15. The number of fused-ring (bicyclic) bond motifs is 1. The fourth-order valence-electron chi connectivity index (χ4n) is 3.34. The first-order valence-corrected chi connectivity index (χ1v) is 8.94. The standard InChI is InChI=1S/C19H23NO8/c1-10(21)20-15-17(25-11(2)22)16-14(27-19(15)26-12(3)23)9-24-18(28-16)13-7-5-4-6-8-13/h4-8,14-19H,9H2,1-3H3,(H,20,21)/t14-,15-,16-,17-,18-,19+/m1/s1. The van der Waals surface area contributed by atoms with Crippen LogP contribution in [0.2, 0.25) is 0 Å². The van der Waals surface area contributed by atoms with Crippen LogP contribution in [0.5, 0.6) is 0 Å². The van der Waals surface area contributed by atoms with E-state index < -0.39 is 54.8 Å². The van der Waals surface area contributed by atoms with Gasteiger partial charge < -0.3 is 29.0 Å². The van der Waals surface area contributed by atoms with Crippen molar-refractivity contribution in [3.63, 3.8) is 0 Å². The quantitative estimate of drug-likeness (QED) is 0.749. The van der Waals surface area contributed by atoms with E-state index in [0.717, 1.165) is 5.56 Å². The van der Waals surface area contributed by atoms with Crippen LogP contribution in [0.1, 0.15) is 32.6 Å². The summed E-state index contributed by atoms with van der Waals surface area (Å²) in [4.78, 5) is 34.9. The third kappa shape index (κ3) is 4.67. The summed E-state index contributed by atoms with van der Waals surface area (Å²) in [6.07, 6.45) is -4.15. The van der Waals surface area contributed by atoms with Crippen molar-refractivity contribution < 1.29 is 38.1 Å². The second-order valence-electron chi connectivity index (χ2n) is 6.63. The summed E-state index contributed by atoms with van der Waals surface area (Å²) >= 11 is 0. The smallest absolute Gasteiger partial charge is 0.305 e. The molecule has 9 heteroatoms. The topological polar surface area (TPSA) is 109 Å². The van der Waals surface area contributed by atoms with E-state index in [1.165, 1.54) is 20.8 Å². The van der Waals surface area contributed by atoms with Crippen molar-refractivity contribution in [2.24, 2.45) is 0 Å². The zero-order valence-electron chi connectivity index (χ0n) is 15.8. The Hall–Kier alpha value is -2.49. The Morgan fingerprint density at radius 2 is 1.68 bits per heavy atom. The molecule has 2 fully saturated rings. The Morgan fingerprint density at radius 1 is 1.00 bits per heavy atom. The van der Waals surface area contributed by atoms with Crippen molar-refractivity contribution in [3.8, 4) is 0 Å². The number of benzene rings is 1. The van der Waals surface area contributed by atoms with E-state index in [1.807, 2.05) is 30.3 Å². The van der Waals surface area contributed by atoms with E-state index >= 15 is 0 Å². The number of carbonyl (C=O) groups excluding carboxylic acids is 3. The average Bonchev–Trinajstić information content (AvgIpc) is 2.64. The van der Waals surface area contributed by atoms with Gasteiger partial charge >= 0.3 is 11.9 Å². The molecule has 1 N–H and O–H groups in total. The highest BCUT2D eigenvalue weighted by Crippen LogP contribution is 2.35. The van der Waals surface area contributed by atoms with E-state index in [1.54, 1.807) is 0 Å². The summed E-state index contributed by atoms with van der Waals surface area (Å²) in [5, 5.41) is 2.64. The molecule has 0 saturated carbocycles. The van der Waals surface area contributed by atoms with Crippen molar-refractivity contribution in [1.82, 2.24) is 5.32 Å². The van der Waals surface area contributed by atoms with Gasteiger partial charge in [0.2, 0.25) is 12.2 Å². The summed E-state index contributed by atoms with van der Waals surface area (Å²) in [6.45, 7) is 3.91. The maximum atomic E-state index is 11.7. The predicted octanol–water partition coefficient (Wildman–Crippen LogP) is 0.825. The Balaban J connectivity index is 1.88. The van der Waals surface area contributed by atoms with Crippen LogP contribution in [0.15, 0.2) is 30.3 Å². The average molecular weight is 393 g/mol. The summed E-state index contributed by atoms with van der Waals surface area (Å²) in [6, 6.07) is 8.35. The highest BCUT2D eigenvalue weighted by atomic mass is 16.8. The lowest BCUT2D eigenvalue weighted by molar-refractivity contribution is -0.339. The molecule has 3 rings (SSSR count). The third-order valence-electron chi connectivity index (χ3n) is 4.36. The van der Waals surface area contributed by atoms with E-state index in [-0.39, 0.29) is 6.61 Å². The first-order chi connectivity index (χ1) is 13.3. The molecular weight excluding hydrogens is 370 g/mol. The molecule has 28 heavy (non-hydrogen) atoms. The first-order valence-electron chi connectivity index (χ1n) is 8.94. The van der Waals surface area contributed by atoms with Crippen LogP contribution in [0.3, 0.4) is 0 Å². The van der Waals surface area contributed by atoms with E-state index in [2.05, 4.69) is 5.32 Å². The molecule has 152 valence electrons. The molecular formula is C19H23NO8. The summed E-state index contributed by atoms with van der Waals surface area (Å²) in [5.74, 6) is -1.55. The van der Waals surface area contributed by atoms with Crippen LogP contribution in [-0.2, 0) is 38.1 Å². The van der Waals surface area contributed by atoms with Crippen molar-refractivity contribution in [3.05, 3.63) is 35.9 Å². The van der Waals surface area contributed by atoms with Crippen LogP contribution < -0.4 is 5.32 Å². The molecule has 1 amide bonds. The molecule has 9 nitrogen and oxygen atoms in total. The second-order valence-corrected chi connectivity index (χ2v) is 6.63. The Morgan fingerprint density at radius 3 is 2.29 bits per heavy atom. The molecule has 0 radical (unpaired) electrons. The number of esters is 2. The van der Waals surface area contributed by atoms with Gasteiger partial charge in [0.1, 0.15) is 18.2 Å². The minimum Gasteiger partial charge on any atom is -0.457 e. The number of amides is 1. The fourth-order valence-corrected chi connectivity index (χ4v) is 3.34. The number of ether oxygens (including phenoxy) is 5. The zero-order chi connectivity index (χ0) is 20.3. The predicted molar refractivity (Wildman–Crippen MR) is 93.6 cm³/mol. The Kier molecular flexibility index (Phi) is 6.28. The summed E-state index contributed by atoms with van der Waals surface area (Å²) in [7, 11) is 0. The SMILES string of the molecule is CC(=O)N[C@H]1[C@@H](OC(C)=O)O[C@@H]2CO[C@@H](c3ccccc3)O[C@H]2[C@@H]1OC(C)=O. The first kappa shape index (κ1) is 20.2. The Bertz CT molecular complexity index is 724. The molecule has 0 aromatic heterocycles. The maximum absolute atomic E-state index is 11.7. The molecule has 0 spiro atoms. The number of carbonyl (C=O) groups is 3. The number of hydrogen-bond donors (Lipinski definition) is 1. The van der Waals surface area contributed by atoms with Crippen LogP contribution in [-0.4, -0.2) is 55.1 Å². The molecule has 1 aromatic rings. The second kappa shape index (κ2) is 8.68. The van der Waals surface area contributed by atoms with Gasteiger partial charge in [0.05, 0.1) is 6.61 Å². The van der Waals surface area contributed by atoms with E-state index in [4.69, 9.17) is 23.7 Å². The van der Waals surface area contributed by atoms with Crippen molar-refractivity contribution >= 4 is 17.8 Å². The molecule has 2 aliphatic rings. The third-order valence-corrected chi connectivity index (χ3v) is 4.36. The van der Waals surface area contributed by atoms with Crippen LogP contribution >= 0.6 is 0 Å². The number of hydrogen-bond acceptors (Lipinski definition) is 8. The summed E-state index contributed by atoms with van der Waals surface area (Å²) in [5.41, 5.74) is 0.792. The normalized spacial score (nSPS) is 32.0. The lowest BCUT2D eigenvalue weighted by Crippen LogP contribution is -2.67. The molecule has 1 aromatic carbocycles. The lowest BCUT2D eigenvalue weighted by atomic mass is 9.95. The fraction of sp³-hybridized carbons (Fsp3) is 0.526. The van der Waals surface area contributed by atoms with E-state index in [0.29, 0.717) is 0 Å². The van der Waals surface area contributed by atoms with Crippen LogP contribution in [0.25, 0.3) is 0 Å². The molecule has 6 atom stereocenters. The monoisotopic (exact) mass is 393 g/mol. The van der Waals surface area contributed by atoms with Gasteiger partial charge in [-0.2, -0.15) is 0 Å². The molecule has 2 saturated heterocycles. The zero-order valence-corrected chi connectivity index (χ0v) is 15.8. The largest absolute Gasteiger partial charge is 0.457 e. The van der Waals surface area contributed by atoms with Crippen LogP contribution in [0, 0.1) is 0 Å². The van der Waals surface area contributed by atoms with Gasteiger partial charge in [0.15, 0.2) is 12.4 Å². The molecule has 2 aliphatic heterocycles. The number of nitrogens with one attached hydrogen (secondary N) is 1. The van der Waals surface area contributed by atoms with Gasteiger partial charge in [-0.15, -0.1) is 0 Å². The molecule has 0 aliphatic carbocycles. The molecule has 2 heterocycles. The lowest BCUT2D eigenvalue weighted by Gasteiger charge is -2.48. The van der Waals surface area contributed by atoms with Crippen molar-refractivity contribution in [2.75, 3.05) is 6.61 Å². The van der Waals surface area contributed by atoms with Crippen molar-refractivity contribution in [1.29, 1.82) is 0 Å². The van der Waals surface area contributed by atoms with Gasteiger partial charge in [-0.3, -0.25) is 14.4 Å². The minimum absolute atomic E-state index is 0.131. The van der Waals surface area contributed by atoms with Crippen molar-refractivity contribution in [2.45, 2.75) is 57.7 Å². The van der Waals surface area contributed by atoms with Gasteiger partial charge in [0.25, 0.3) is 0 Å². The molecule has 0 bridgehead atoms. The summed E-state index contributed by atoms with van der Waals surface area (Å²) < 4.78 is 28.3. The Labute approximate surface area is 162 Å². The highest BCUT2D eigenvalue weighted by Gasteiger charge is 2.53. The van der Waals surface area contributed by atoms with Crippen LogP contribution in [0.4, 0.5) is 0 Å².